The van der Waals surface area contributed by atoms with Gasteiger partial charge >= 0.3 is 0 Å². The summed E-state index contributed by atoms with van der Waals surface area (Å²) in [5.41, 5.74) is 0. The van der Waals surface area contributed by atoms with Crippen LogP contribution in [0.3, 0.4) is 0 Å². The van der Waals surface area contributed by atoms with Gasteiger partial charge in [0.1, 0.15) is 0 Å². The Balaban J connectivity index is 1.81. The maximum atomic E-state index is 5.90. The SMILES string of the molecule is CC(C)CCCOCCCOC1CCC(C)CC1. The molecule has 0 N–H and O–H groups in total. The number of hydrogen-bond acceptors (Lipinski definition) is 2. The van der Waals surface area contributed by atoms with Crippen LogP contribution in [0.4, 0.5) is 0 Å². The second-order valence-electron chi connectivity index (χ2n) is 6.25. The third-order valence-corrected chi connectivity index (χ3v) is 3.82. The second-order valence-corrected chi connectivity index (χ2v) is 6.25. The molecule has 0 saturated heterocycles. The minimum absolute atomic E-state index is 0.530. The zero-order chi connectivity index (χ0) is 13.2. The second kappa shape index (κ2) is 9.80. The lowest BCUT2D eigenvalue weighted by molar-refractivity contribution is 0.00673. The Morgan fingerprint density at radius 3 is 2.28 bits per heavy atom. The van der Waals surface area contributed by atoms with E-state index >= 15 is 0 Å². The van der Waals surface area contributed by atoms with E-state index in [2.05, 4.69) is 20.8 Å². The maximum Gasteiger partial charge on any atom is 0.0575 e. The summed E-state index contributed by atoms with van der Waals surface area (Å²) in [6.45, 7) is 9.53. The summed E-state index contributed by atoms with van der Waals surface area (Å²) < 4.78 is 11.5. The summed E-state index contributed by atoms with van der Waals surface area (Å²) in [4.78, 5) is 0. The molecule has 1 aliphatic rings. The zero-order valence-electron chi connectivity index (χ0n) is 12.6. The molecular formula is C16H32O2. The van der Waals surface area contributed by atoms with E-state index in [-0.39, 0.29) is 0 Å². The molecule has 0 aliphatic heterocycles. The van der Waals surface area contributed by atoms with Gasteiger partial charge in [0.15, 0.2) is 0 Å². The number of hydrogen-bond donors (Lipinski definition) is 0. The molecule has 18 heavy (non-hydrogen) atoms. The molecule has 0 heterocycles. The van der Waals surface area contributed by atoms with E-state index in [0.29, 0.717) is 6.10 Å². The van der Waals surface area contributed by atoms with Gasteiger partial charge < -0.3 is 9.47 Å². The first-order valence-corrected chi connectivity index (χ1v) is 7.88. The quantitative estimate of drug-likeness (QED) is 0.568. The summed E-state index contributed by atoms with van der Waals surface area (Å²) >= 11 is 0. The smallest absolute Gasteiger partial charge is 0.0575 e. The highest BCUT2D eigenvalue weighted by molar-refractivity contribution is 4.69. The van der Waals surface area contributed by atoms with Gasteiger partial charge in [-0.15, -0.1) is 0 Å². The first-order chi connectivity index (χ1) is 8.68. The van der Waals surface area contributed by atoms with Crippen molar-refractivity contribution in [2.75, 3.05) is 19.8 Å². The summed E-state index contributed by atoms with van der Waals surface area (Å²) in [7, 11) is 0. The lowest BCUT2D eigenvalue weighted by atomic mass is 9.89. The third-order valence-electron chi connectivity index (χ3n) is 3.82. The summed E-state index contributed by atoms with van der Waals surface area (Å²) in [5, 5.41) is 0. The highest BCUT2D eigenvalue weighted by atomic mass is 16.5. The third kappa shape index (κ3) is 8.10. The largest absolute Gasteiger partial charge is 0.381 e. The molecule has 0 radical (unpaired) electrons. The van der Waals surface area contributed by atoms with E-state index in [9.17, 15) is 0 Å². The minimum Gasteiger partial charge on any atom is -0.381 e. The molecule has 1 saturated carbocycles. The lowest BCUT2D eigenvalue weighted by Crippen LogP contribution is -2.21. The average Bonchev–Trinajstić information content (AvgIpc) is 2.34. The van der Waals surface area contributed by atoms with Crippen LogP contribution in [-0.2, 0) is 9.47 Å². The molecule has 0 aromatic carbocycles. The Labute approximate surface area is 113 Å². The number of rotatable bonds is 9. The molecule has 0 spiro atoms. The van der Waals surface area contributed by atoms with Crippen molar-refractivity contribution in [2.24, 2.45) is 11.8 Å². The molecule has 0 aromatic heterocycles. The molecule has 1 rings (SSSR count). The molecule has 1 fully saturated rings. The van der Waals surface area contributed by atoms with Gasteiger partial charge in [-0.1, -0.05) is 20.8 Å². The van der Waals surface area contributed by atoms with E-state index in [4.69, 9.17) is 9.47 Å². The van der Waals surface area contributed by atoms with Crippen LogP contribution >= 0.6 is 0 Å². The fourth-order valence-corrected chi connectivity index (χ4v) is 2.50. The van der Waals surface area contributed by atoms with Crippen LogP contribution in [0, 0.1) is 11.8 Å². The Morgan fingerprint density at radius 2 is 1.61 bits per heavy atom. The minimum atomic E-state index is 0.530. The molecule has 0 amide bonds. The van der Waals surface area contributed by atoms with Crippen molar-refractivity contribution in [1.29, 1.82) is 0 Å². The Kier molecular flexibility index (Phi) is 8.70. The Morgan fingerprint density at radius 1 is 0.944 bits per heavy atom. The molecule has 0 unspecified atom stereocenters. The molecule has 0 aromatic rings. The van der Waals surface area contributed by atoms with E-state index in [1.807, 2.05) is 0 Å². The van der Waals surface area contributed by atoms with Crippen molar-refractivity contribution < 1.29 is 9.47 Å². The van der Waals surface area contributed by atoms with E-state index in [1.54, 1.807) is 0 Å². The van der Waals surface area contributed by atoms with Crippen molar-refractivity contribution >= 4 is 0 Å². The van der Waals surface area contributed by atoms with Crippen molar-refractivity contribution in [3.8, 4) is 0 Å². The lowest BCUT2D eigenvalue weighted by Gasteiger charge is -2.26. The van der Waals surface area contributed by atoms with Gasteiger partial charge in [-0.05, 0) is 56.8 Å². The first kappa shape index (κ1) is 16.0. The van der Waals surface area contributed by atoms with Crippen LogP contribution in [0.15, 0.2) is 0 Å². The van der Waals surface area contributed by atoms with Crippen LogP contribution in [-0.4, -0.2) is 25.9 Å². The summed E-state index contributed by atoms with van der Waals surface area (Å²) in [5.74, 6) is 1.71. The van der Waals surface area contributed by atoms with Gasteiger partial charge in [-0.2, -0.15) is 0 Å². The highest BCUT2D eigenvalue weighted by Crippen LogP contribution is 2.25. The zero-order valence-corrected chi connectivity index (χ0v) is 12.6. The average molecular weight is 256 g/mol. The monoisotopic (exact) mass is 256 g/mol. The molecule has 1 aliphatic carbocycles. The number of ether oxygens (including phenoxy) is 2. The Hall–Kier alpha value is -0.0800. The van der Waals surface area contributed by atoms with E-state index < -0.39 is 0 Å². The van der Waals surface area contributed by atoms with Gasteiger partial charge in [0.05, 0.1) is 6.10 Å². The molecular weight excluding hydrogens is 224 g/mol. The van der Waals surface area contributed by atoms with Crippen molar-refractivity contribution in [3.63, 3.8) is 0 Å². The van der Waals surface area contributed by atoms with Gasteiger partial charge in [0.25, 0.3) is 0 Å². The molecule has 108 valence electrons. The molecule has 0 atom stereocenters. The van der Waals surface area contributed by atoms with Gasteiger partial charge in [0.2, 0.25) is 0 Å². The van der Waals surface area contributed by atoms with Crippen LogP contribution < -0.4 is 0 Å². The highest BCUT2D eigenvalue weighted by Gasteiger charge is 2.17. The van der Waals surface area contributed by atoms with Crippen LogP contribution in [0.25, 0.3) is 0 Å². The maximum absolute atomic E-state index is 5.90. The van der Waals surface area contributed by atoms with Crippen LogP contribution in [0.1, 0.15) is 65.7 Å². The summed E-state index contributed by atoms with van der Waals surface area (Å²) in [6, 6.07) is 0. The van der Waals surface area contributed by atoms with Crippen molar-refractivity contribution in [3.05, 3.63) is 0 Å². The van der Waals surface area contributed by atoms with Crippen LogP contribution in [0.2, 0.25) is 0 Å². The standard InChI is InChI=1S/C16H32O2/c1-14(2)6-4-11-17-12-5-13-18-16-9-7-15(3)8-10-16/h14-16H,4-13H2,1-3H3. The van der Waals surface area contributed by atoms with Gasteiger partial charge in [-0.3, -0.25) is 0 Å². The molecule has 0 bridgehead atoms. The predicted octanol–water partition coefficient (Wildman–Crippen LogP) is 4.42. The topological polar surface area (TPSA) is 18.5 Å². The van der Waals surface area contributed by atoms with Gasteiger partial charge in [0, 0.05) is 19.8 Å². The summed E-state index contributed by atoms with van der Waals surface area (Å²) in [6.07, 6.45) is 9.26. The fraction of sp³-hybridized carbons (Fsp3) is 1.00. The Bertz CT molecular complexity index is 184. The van der Waals surface area contributed by atoms with Crippen molar-refractivity contribution in [1.82, 2.24) is 0 Å². The van der Waals surface area contributed by atoms with Gasteiger partial charge in [-0.25, -0.2) is 0 Å². The normalized spacial score (nSPS) is 24.7. The van der Waals surface area contributed by atoms with Crippen LogP contribution in [0.5, 0.6) is 0 Å². The molecule has 2 heteroatoms. The van der Waals surface area contributed by atoms with Crippen molar-refractivity contribution in [2.45, 2.75) is 71.8 Å². The fourth-order valence-electron chi connectivity index (χ4n) is 2.50. The first-order valence-electron chi connectivity index (χ1n) is 7.88. The predicted molar refractivity (Wildman–Crippen MR) is 76.9 cm³/mol. The van der Waals surface area contributed by atoms with E-state index in [0.717, 1.165) is 38.1 Å². The van der Waals surface area contributed by atoms with E-state index in [1.165, 1.54) is 38.5 Å². The molecule has 2 nitrogen and oxygen atoms in total.